The van der Waals surface area contributed by atoms with Gasteiger partial charge in [0.25, 0.3) is 0 Å². The second-order valence-electron chi connectivity index (χ2n) is 7.56. The fourth-order valence-electron chi connectivity index (χ4n) is 4.22. The lowest BCUT2D eigenvalue weighted by molar-refractivity contribution is -0.133. The number of rotatable bonds is 7. The molecular formula is C27H26O4. The van der Waals surface area contributed by atoms with Crippen LogP contribution >= 0.6 is 0 Å². The minimum atomic E-state index is -0.449. The molecule has 3 aromatic carbocycles. The molecule has 0 spiro atoms. The van der Waals surface area contributed by atoms with Crippen LogP contribution in [0.25, 0.3) is 5.57 Å². The first-order valence-corrected chi connectivity index (χ1v) is 10.4. The van der Waals surface area contributed by atoms with Gasteiger partial charge in [0.1, 0.15) is 17.9 Å². The summed E-state index contributed by atoms with van der Waals surface area (Å²) in [6.07, 6.45) is 3.68. The Kier molecular flexibility index (Phi) is 6.37. The van der Waals surface area contributed by atoms with Gasteiger partial charge in [-0.25, -0.2) is 4.79 Å². The van der Waals surface area contributed by atoms with E-state index in [0.29, 0.717) is 18.1 Å². The molecule has 4 heteroatoms. The standard InChI is InChI=1S/C27H26O4/c1-29-18-26(27(28)30-2)24-10-6-4-8-21(24)17-31-22-14-11-20(12-15-22)25-16-13-19-7-3-5-9-23(19)25/h3-12,14-15,18,25H,13,16-17H2,1-2H3. The lowest BCUT2D eigenvalue weighted by Gasteiger charge is -2.15. The number of hydrogen-bond donors (Lipinski definition) is 0. The molecule has 0 amide bonds. The number of fused-ring (bicyclic) bond motifs is 1. The molecule has 0 aromatic heterocycles. The summed E-state index contributed by atoms with van der Waals surface area (Å²) in [6, 6.07) is 24.6. The van der Waals surface area contributed by atoms with Gasteiger partial charge >= 0.3 is 5.97 Å². The van der Waals surface area contributed by atoms with Crippen molar-refractivity contribution in [1.29, 1.82) is 0 Å². The van der Waals surface area contributed by atoms with Crippen molar-refractivity contribution in [1.82, 2.24) is 0 Å². The third-order valence-electron chi connectivity index (χ3n) is 5.76. The maximum atomic E-state index is 12.2. The zero-order valence-corrected chi connectivity index (χ0v) is 17.8. The van der Waals surface area contributed by atoms with Crippen LogP contribution in [-0.2, 0) is 27.3 Å². The highest BCUT2D eigenvalue weighted by Gasteiger charge is 2.23. The first kappa shape index (κ1) is 20.7. The molecule has 0 saturated carbocycles. The molecule has 1 atom stereocenters. The zero-order valence-electron chi connectivity index (χ0n) is 17.8. The second kappa shape index (κ2) is 9.52. The maximum absolute atomic E-state index is 12.2. The Morgan fingerprint density at radius 3 is 2.48 bits per heavy atom. The predicted octanol–water partition coefficient (Wildman–Crippen LogP) is 5.50. The van der Waals surface area contributed by atoms with E-state index in [9.17, 15) is 4.79 Å². The quantitative estimate of drug-likeness (QED) is 0.291. The molecule has 0 N–H and O–H groups in total. The van der Waals surface area contributed by atoms with Gasteiger partial charge in [0.15, 0.2) is 0 Å². The normalized spacial score (nSPS) is 15.3. The molecule has 3 aromatic rings. The number of carbonyl (C=O) groups is 1. The molecule has 0 fully saturated rings. The van der Waals surface area contributed by atoms with Crippen LogP contribution in [-0.4, -0.2) is 20.2 Å². The van der Waals surface area contributed by atoms with E-state index in [1.54, 1.807) is 0 Å². The molecule has 0 heterocycles. The molecule has 0 bridgehead atoms. The molecular weight excluding hydrogens is 388 g/mol. The van der Waals surface area contributed by atoms with E-state index in [2.05, 4.69) is 36.4 Å². The van der Waals surface area contributed by atoms with Gasteiger partial charge in [-0.15, -0.1) is 0 Å². The Balaban J connectivity index is 1.49. The van der Waals surface area contributed by atoms with E-state index in [1.165, 1.54) is 37.2 Å². The largest absolute Gasteiger partial charge is 0.503 e. The summed E-state index contributed by atoms with van der Waals surface area (Å²) >= 11 is 0. The summed E-state index contributed by atoms with van der Waals surface area (Å²) in [7, 11) is 2.86. The fraction of sp³-hybridized carbons (Fsp3) is 0.222. The van der Waals surface area contributed by atoms with Crippen molar-refractivity contribution in [3.63, 3.8) is 0 Å². The van der Waals surface area contributed by atoms with Crippen molar-refractivity contribution < 1.29 is 19.0 Å². The van der Waals surface area contributed by atoms with Crippen LogP contribution in [0.15, 0.2) is 79.1 Å². The highest BCUT2D eigenvalue weighted by molar-refractivity contribution is 6.16. The van der Waals surface area contributed by atoms with Crippen LogP contribution in [0.5, 0.6) is 5.75 Å². The Bertz CT molecular complexity index is 1080. The highest BCUT2D eigenvalue weighted by atomic mass is 16.5. The molecule has 0 saturated heterocycles. The molecule has 158 valence electrons. The van der Waals surface area contributed by atoms with Crippen molar-refractivity contribution in [3.05, 3.63) is 107 Å². The smallest absolute Gasteiger partial charge is 0.341 e. The molecule has 1 aliphatic rings. The molecule has 31 heavy (non-hydrogen) atoms. The predicted molar refractivity (Wildman–Crippen MR) is 121 cm³/mol. The summed E-state index contributed by atoms with van der Waals surface area (Å²) in [5.74, 6) is 0.795. The summed E-state index contributed by atoms with van der Waals surface area (Å²) in [5, 5.41) is 0. The van der Waals surface area contributed by atoms with Crippen LogP contribution < -0.4 is 4.74 Å². The van der Waals surface area contributed by atoms with E-state index in [1.807, 2.05) is 36.4 Å². The van der Waals surface area contributed by atoms with E-state index in [0.717, 1.165) is 29.7 Å². The molecule has 4 nitrogen and oxygen atoms in total. The van der Waals surface area contributed by atoms with Gasteiger partial charge in [-0.05, 0) is 52.8 Å². The first-order chi connectivity index (χ1) is 15.2. The van der Waals surface area contributed by atoms with Gasteiger partial charge < -0.3 is 14.2 Å². The van der Waals surface area contributed by atoms with Crippen LogP contribution in [0.2, 0.25) is 0 Å². The zero-order chi connectivity index (χ0) is 21.6. The third-order valence-corrected chi connectivity index (χ3v) is 5.76. The Morgan fingerprint density at radius 2 is 1.71 bits per heavy atom. The van der Waals surface area contributed by atoms with Crippen LogP contribution in [0.4, 0.5) is 0 Å². The Hall–Kier alpha value is -3.53. The van der Waals surface area contributed by atoms with E-state index in [-0.39, 0.29) is 0 Å². The van der Waals surface area contributed by atoms with E-state index < -0.39 is 5.97 Å². The number of hydrogen-bond acceptors (Lipinski definition) is 4. The highest BCUT2D eigenvalue weighted by Crippen LogP contribution is 2.38. The lowest BCUT2D eigenvalue weighted by Crippen LogP contribution is -2.08. The molecule has 0 radical (unpaired) electrons. The van der Waals surface area contributed by atoms with Gasteiger partial charge in [-0.1, -0.05) is 60.7 Å². The van der Waals surface area contributed by atoms with Gasteiger partial charge in [0.05, 0.1) is 20.5 Å². The summed E-state index contributed by atoms with van der Waals surface area (Å²) in [6.45, 7) is 0.333. The number of ether oxygens (including phenoxy) is 3. The summed E-state index contributed by atoms with van der Waals surface area (Å²) in [4.78, 5) is 12.2. The number of methoxy groups -OCH3 is 2. The Morgan fingerprint density at radius 1 is 0.968 bits per heavy atom. The van der Waals surface area contributed by atoms with E-state index >= 15 is 0 Å². The van der Waals surface area contributed by atoms with Crippen LogP contribution in [0.3, 0.4) is 0 Å². The van der Waals surface area contributed by atoms with Crippen LogP contribution in [0.1, 0.15) is 40.2 Å². The fourth-order valence-corrected chi connectivity index (χ4v) is 4.22. The summed E-state index contributed by atoms with van der Waals surface area (Å²) < 4.78 is 16.0. The van der Waals surface area contributed by atoms with Crippen molar-refractivity contribution in [3.8, 4) is 5.75 Å². The maximum Gasteiger partial charge on any atom is 0.341 e. The average molecular weight is 415 g/mol. The number of carbonyl (C=O) groups excluding carboxylic acids is 1. The summed E-state index contributed by atoms with van der Waals surface area (Å²) in [5.41, 5.74) is 6.17. The Labute approximate surface area is 183 Å². The minimum Gasteiger partial charge on any atom is -0.503 e. The minimum absolute atomic E-state index is 0.333. The number of esters is 1. The molecule has 4 rings (SSSR count). The molecule has 1 aliphatic carbocycles. The van der Waals surface area contributed by atoms with Gasteiger partial charge in [0, 0.05) is 5.92 Å². The van der Waals surface area contributed by atoms with Crippen molar-refractivity contribution >= 4 is 11.5 Å². The van der Waals surface area contributed by atoms with Gasteiger partial charge in [0.2, 0.25) is 0 Å². The molecule has 0 aliphatic heterocycles. The van der Waals surface area contributed by atoms with Gasteiger partial charge in [-0.3, -0.25) is 0 Å². The topological polar surface area (TPSA) is 44.8 Å². The number of aryl methyl sites for hydroxylation is 1. The second-order valence-corrected chi connectivity index (χ2v) is 7.56. The van der Waals surface area contributed by atoms with E-state index in [4.69, 9.17) is 14.2 Å². The average Bonchev–Trinajstić information content (AvgIpc) is 3.25. The van der Waals surface area contributed by atoms with Crippen molar-refractivity contribution in [2.45, 2.75) is 25.4 Å². The first-order valence-electron chi connectivity index (χ1n) is 10.4. The third kappa shape index (κ3) is 4.48. The SMILES string of the molecule is COC=C(C(=O)OC)c1ccccc1COc1ccc(C2CCc3ccccc32)cc1. The van der Waals surface area contributed by atoms with Crippen LogP contribution in [0, 0.1) is 0 Å². The lowest BCUT2D eigenvalue weighted by atomic mass is 9.93. The number of benzene rings is 3. The van der Waals surface area contributed by atoms with Crippen molar-refractivity contribution in [2.24, 2.45) is 0 Å². The van der Waals surface area contributed by atoms with Gasteiger partial charge in [-0.2, -0.15) is 0 Å². The van der Waals surface area contributed by atoms with Crippen molar-refractivity contribution in [2.75, 3.05) is 14.2 Å². The molecule has 1 unspecified atom stereocenters. The monoisotopic (exact) mass is 414 g/mol.